The molecule has 0 amide bonds. The van der Waals surface area contributed by atoms with Crippen LogP contribution in [0.4, 0.5) is 5.82 Å². The largest absolute Gasteiger partial charge is 0.493 e. The number of thioether (sulfide) groups is 1. The molecular weight excluding hydrogens is 340 g/mol. The first kappa shape index (κ1) is 18.8. The predicted octanol–water partition coefficient (Wildman–Crippen LogP) is 2.55. The molecule has 7 nitrogen and oxygen atoms in total. The lowest BCUT2D eigenvalue weighted by atomic mass is 10.1. The maximum atomic E-state index is 9.62. The second-order valence-electron chi connectivity index (χ2n) is 5.19. The maximum Gasteiger partial charge on any atom is 0.189 e. The minimum Gasteiger partial charge on any atom is -0.493 e. The Bertz CT molecular complexity index is 790. The van der Waals surface area contributed by atoms with Crippen molar-refractivity contribution in [1.82, 2.24) is 9.97 Å². The van der Waals surface area contributed by atoms with Crippen molar-refractivity contribution < 1.29 is 14.6 Å². The highest BCUT2D eigenvalue weighted by molar-refractivity contribution is 7.98. The highest BCUT2D eigenvalue weighted by Crippen LogP contribution is 2.34. The molecule has 0 aliphatic carbocycles. The number of nitrogens with one attached hydrogen (secondary N) is 1. The van der Waals surface area contributed by atoms with Crippen molar-refractivity contribution >= 4 is 17.6 Å². The topological polar surface area (TPSA) is 100 Å². The smallest absolute Gasteiger partial charge is 0.189 e. The fraction of sp³-hybridized carbons (Fsp3) is 0.353. The molecule has 1 unspecified atom stereocenters. The molecule has 0 bridgehead atoms. The first-order chi connectivity index (χ1) is 12.0. The Morgan fingerprint density at radius 3 is 2.56 bits per heavy atom. The summed E-state index contributed by atoms with van der Waals surface area (Å²) in [7, 11) is 3.11. The van der Waals surface area contributed by atoms with E-state index in [0.717, 1.165) is 0 Å². The molecule has 132 valence electrons. The van der Waals surface area contributed by atoms with Crippen molar-refractivity contribution in [2.45, 2.75) is 18.2 Å². The number of nitriles is 1. The van der Waals surface area contributed by atoms with Crippen molar-refractivity contribution in [3.63, 3.8) is 0 Å². The van der Waals surface area contributed by atoms with Gasteiger partial charge in [-0.1, -0.05) is 11.8 Å². The number of aliphatic hydroxyl groups is 1. The first-order valence-corrected chi connectivity index (χ1v) is 8.77. The van der Waals surface area contributed by atoms with Gasteiger partial charge in [0.1, 0.15) is 17.5 Å². The van der Waals surface area contributed by atoms with Crippen molar-refractivity contribution in [3.05, 3.63) is 23.8 Å². The van der Waals surface area contributed by atoms with E-state index in [4.69, 9.17) is 9.47 Å². The number of hydrogen-bond donors (Lipinski definition) is 2. The van der Waals surface area contributed by atoms with E-state index in [1.54, 1.807) is 33.3 Å². The molecular formula is C17H20N4O3S. The van der Waals surface area contributed by atoms with E-state index in [9.17, 15) is 10.4 Å². The first-order valence-electron chi connectivity index (χ1n) is 7.54. The van der Waals surface area contributed by atoms with E-state index in [0.29, 0.717) is 39.3 Å². The average molecular weight is 360 g/mol. The zero-order valence-electron chi connectivity index (χ0n) is 14.5. The minimum absolute atomic E-state index is 0.283. The zero-order chi connectivity index (χ0) is 18.4. The number of methoxy groups -OCH3 is 2. The van der Waals surface area contributed by atoms with Crippen LogP contribution in [0.2, 0.25) is 0 Å². The molecule has 25 heavy (non-hydrogen) atoms. The summed E-state index contributed by atoms with van der Waals surface area (Å²) in [4.78, 5) is 8.83. The van der Waals surface area contributed by atoms with Crippen molar-refractivity contribution in [2.24, 2.45) is 0 Å². The number of benzene rings is 1. The van der Waals surface area contributed by atoms with Crippen molar-refractivity contribution in [2.75, 3.05) is 32.3 Å². The Hall–Kier alpha value is -2.50. The number of aromatic nitrogens is 2. The third-order valence-corrected chi connectivity index (χ3v) is 3.95. The highest BCUT2D eigenvalue weighted by Gasteiger charge is 2.17. The molecule has 8 heteroatoms. The monoisotopic (exact) mass is 360 g/mol. The molecule has 2 N–H and O–H groups in total. The summed E-state index contributed by atoms with van der Waals surface area (Å²) in [5.41, 5.74) is 1.52. The van der Waals surface area contributed by atoms with Gasteiger partial charge in [-0.05, 0) is 31.4 Å². The summed E-state index contributed by atoms with van der Waals surface area (Å²) in [6.07, 6.45) is 1.29. The van der Waals surface area contributed by atoms with Crippen LogP contribution in [-0.2, 0) is 0 Å². The van der Waals surface area contributed by atoms with Crippen LogP contribution in [0, 0.1) is 11.3 Å². The highest BCUT2D eigenvalue weighted by atomic mass is 32.2. The fourth-order valence-corrected chi connectivity index (χ4v) is 2.57. The van der Waals surface area contributed by atoms with E-state index in [2.05, 4.69) is 21.4 Å². The molecule has 0 radical (unpaired) electrons. The Balaban J connectivity index is 2.59. The molecule has 0 aliphatic rings. The maximum absolute atomic E-state index is 9.62. The number of hydrogen-bond acceptors (Lipinski definition) is 8. The Labute approximate surface area is 151 Å². The standard InChI is InChI=1S/C17H20N4O3S/c1-10(22)9-19-16-12(8-18)15(20-17(21-16)25-4)11-5-6-13(23-2)14(7-11)24-3/h5-7,10,22H,9H2,1-4H3,(H,19,20,21). The molecule has 0 saturated carbocycles. The number of anilines is 1. The summed E-state index contributed by atoms with van der Waals surface area (Å²) < 4.78 is 10.6. The van der Waals surface area contributed by atoms with Crippen LogP contribution in [0.15, 0.2) is 23.4 Å². The van der Waals surface area contributed by atoms with Gasteiger partial charge in [-0.3, -0.25) is 0 Å². The molecule has 1 heterocycles. The van der Waals surface area contributed by atoms with Gasteiger partial charge in [0.05, 0.1) is 26.0 Å². The van der Waals surface area contributed by atoms with Gasteiger partial charge >= 0.3 is 0 Å². The third-order valence-electron chi connectivity index (χ3n) is 3.40. The summed E-state index contributed by atoms with van der Waals surface area (Å²) in [5.74, 6) is 1.54. The van der Waals surface area contributed by atoms with Crippen molar-refractivity contribution in [3.8, 4) is 28.8 Å². The lowest BCUT2D eigenvalue weighted by Gasteiger charge is -2.14. The molecule has 2 aromatic rings. The van der Waals surface area contributed by atoms with Gasteiger partial charge in [-0.2, -0.15) is 5.26 Å². The van der Waals surface area contributed by atoms with Gasteiger partial charge in [-0.25, -0.2) is 9.97 Å². The lowest BCUT2D eigenvalue weighted by Crippen LogP contribution is -2.17. The summed E-state index contributed by atoms with van der Waals surface area (Å²) >= 11 is 1.37. The number of aliphatic hydroxyl groups excluding tert-OH is 1. The molecule has 0 fully saturated rings. The molecule has 1 aromatic carbocycles. The van der Waals surface area contributed by atoms with Crippen LogP contribution in [-0.4, -0.2) is 48.2 Å². The summed E-state index contributed by atoms with van der Waals surface area (Å²) in [6.45, 7) is 1.94. The molecule has 1 aromatic heterocycles. The van der Waals surface area contributed by atoms with E-state index in [1.807, 2.05) is 12.3 Å². The van der Waals surface area contributed by atoms with Gasteiger partial charge in [0.15, 0.2) is 16.7 Å². The van der Waals surface area contributed by atoms with Gasteiger partial charge in [0.25, 0.3) is 0 Å². The van der Waals surface area contributed by atoms with Crippen LogP contribution in [0.1, 0.15) is 12.5 Å². The number of ether oxygens (including phenoxy) is 2. The normalized spacial score (nSPS) is 11.5. The zero-order valence-corrected chi connectivity index (χ0v) is 15.3. The second kappa shape index (κ2) is 8.55. The molecule has 2 rings (SSSR count). The van der Waals surface area contributed by atoms with E-state index in [-0.39, 0.29) is 6.54 Å². The van der Waals surface area contributed by atoms with E-state index < -0.39 is 6.10 Å². The fourth-order valence-electron chi connectivity index (χ4n) is 2.20. The lowest BCUT2D eigenvalue weighted by molar-refractivity contribution is 0.208. The number of nitrogens with zero attached hydrogens (tertiary/aromatic N) is 3. The van der Waals surface area contributed by atoms with Crippen LogP contribution in [0.3, 0.4) is 0 Å². The Morgan fingerprint density at radius 1 is 1.28 bits per heavy atom. The van der Waals surface area contributed by atoms with Gasteiger partial charge < -0.3 is 19.9 Å². The molecule has 0 aliphatic heterocycles. The van der Waals surface area contributed by atoms with E-state index >= 15 is 0 Å². The average Bonchev–Trinajstić information content (AvgIpc) is 2.64. The van der Waals surface area contributed by atoms with E-state index in [1.165, 1.54) is 11.8 Å². The Morgan fingerprint density at radius 2 is 2.00 bits per heavy atom. The minimum atomic E-state index is -0.566. The van der Waals surface area contributed by atoms with Crippen LogP contribution < -0.4 is 14.8 Å². The quantitative estimate of drug-likeness (QED) is 0.574. The van der Waals surface area contributed by atoms with Gasteiger partial charge in [0.2, 0.25) is 0 Å². The number of rotatable bonds is 7. The summed E-state index contributed by atoms with van der Waals surface area (Å²) in [5, 5.41) is 22.6. The third kappa shape index (κ3) is 4.32. The van der Waals surface area contributed by atoms with Gasteiger partial charge in [0, 0.05) is 12.1 Å². The van der Waals surface area contributed by atoms with Crippen LogP contribution in [0.25, 0.3) is 11.3 Å². The second-order valence-corrected chi connectivity index (χ2v) is 5.97. The van der Waals surface area contributed by atoms with Gasteiger partial charge in [-0.15, -0.1) is 0 Å². The predicted molar refractivity (Wildman–Crippen MR) is 97.2 cm³/mol. The van der Waals surface area contributed by atoms with Crippen molar-refractivity contribution in [1.29, 1.82) is 5.26 Å². The molecule has 0 spiro atoms. The Kier molecular flexibility index (Phi) is 6.44. The molecule has 0 saturated heterocycles. The molecule has 1 atom stereocenters. The SMILES string of the molecule is COc1ccc(-c2nc(SC)nc(NCC(C)O)c2C#N)cc1OC. The summed E-state index contributed by atoms with van der Waals surface area (Å²) in [6, 6.07) is 7.50. The van der Waals surface area contributed by atoms with Crippen LogP contribution >= 0.6 is 11.8 Å². The van der Waals surface area contributed by atoms with Crippen LogP contribution in [0.5, 0.6) is 11.5 Å².